The van der Waals surface area contributed by atoms with Gasteiger partial charge in [-0.15, -0.1) is 0 Å². The summed E-state index contributed by atoms with van der Waals surface area (Å²) in [4.78, 5) is 13.3. The predicted octanol–water partition coefficient (Wildman–Crippen LogP) is 5.22. The van der Waals surface area contributed by atoms with Crippen LogP contribution in [0.5, 0.6) is 5.75 Å². The van der Waals surface area contributed by atoms with Gasteiger partial charge in [0.1, 0.15) is 11.9 Å². The summed E-state index contributed by atoms with van der Waals surface area (Å²) in [7, 11) is 0. The van der Waals surface area contributed by atoms with Gasteiger partial charge in [-0.05, 0) is 73.1 Å². The second-order valence-corrected chi connectivity index (χ2v) is 9.14. The van der Waals surface area contributed by atoms with Crippen molar-refractivity contribution in [3.05, 3.63) is 77.4 Å². The van der Waals surface area contributed by atoms with Crippen molar-refractivity contribution in [2.24, 2.45) is 5.73 Å². The molecule has 2 fully saturated rings. The maximum Gasteiger partial charge on any atom is 0.252 e. The smallest absolute Gasteiger partial charge is 0.252 e. The number of amides is 1. The molecule has 0 radical (unpaired) electrons. The van der Waals surface area contributed by atoms with E-state index in [-0.39, 0.29) is 23.6 Å². The van der Waals surface area contributed by atoms with Gasteiger partial charge in [-0.2, -0.15) is 0 Å². The van der Waals surface area contributed by atoms with Gasteiger partial charge in [0.15, 0.2) is 0 Å². The number of rotatable bonds is 5. The minimum atomic E-state index is -0.285. The monoisotopic (exact) mass is 414 g/mol. The molecule has 0 saturated heterocycles. The first-order valence-electron chi connectivity index (χ1n) is 11.4. The number of carbonyl (C=O) groups excluding carboxylic acids is 1. The second-order valence-electron chi connectivity index (χ2n) is 9.14. The summed E-state index contributed by atoms with van der Waals surface area (Å²) in [6, 6.07) is 20.6. The van der Waals surface area contributed by atoms with Crippen molar-refractivity contribution >= 4 is 16.7 Å². The molecule has 3 aromatic rings. The zero-order valence-electron chi connectivity index (χ0n) is 18.1. The molecule has 0 aliphatic heterocycles. The van der Waals surface area contributed by atoms with Crippen molar-refractivity contribution in [2.75, 3.05) is 0 Å². The molecule has 3 aromatic carbocycles. The number of nitrogens with one attached hydrogen (secondary N) is 1. The number of aryl methyl sites for hydroxylation is 1. The van der Waals surface area contributed by atoms with E-state index in [4.69, 9.17) is 10.5 Å². The molecule has 3 N–H and O–H groups in total. The molecule has 31 heavy (non-hydrogen) atoms. The first-order chi connectivity index (χ1) is 15.1. The number of ether oxygens (including phenoxy) is 1. The summed E-state index contributed by atoms with van der Waals surface area (Å²) >= 11 is 0. The van der Waals surface area contributed by atoms with E-state index >= 15 is 0 Å². The molecule has 0 spiro atoms. The lowest BCUT2D eigenvalue weighted by Crippen LogP contribution is -2.41. The Balaban J connectivity index is 1.39. The number of fused-ring (bicyclic) bond motifs is 1. The molecule has 4 heteroatoms. The molecule has 5 rings (SSSR count). The minimum Gasteiger partial charge on any atom is -0.489 e. The average molecular weight is 415 g/mol. The fourth-order valence-corrected chi connectivity index (χ4v) is 4.88. The third-order valence-corrected chi connectivity index (χ3v) is 6.90. The van der Waals surface area contributed by atoms with Crippen LogP contribution in [-0.4, -0.2) is 18.1 Å². The largest absolute Gasteiger partial charge is 0.489 e. The highest BCUT2D eigenvalue weighted by molar-refractivity contribution is 5.97. The lowest BCUT2D eigenvalue weighted by Gasteiger charge is -2.29. The van der Waals surface area contributed by atoms with Gasteiger partial charge in [-0.1, -0.05) is 55.0 Å². The van der Waals surface area contributed by atoms with Gasteiger partial charge >= 0.3 is 0 Å². The fourth-order valence-electron chi connectivity index (χ4n) is 4.88. The van der Waals surface area contributed by atoms with Gasteiger partial charge < -0.3 is 15.8 Å². The molecule has 0 heterocycles. The van der Waals surface area contributed by atoms with Crippen molar-refractivity contribution in [1.82, 2.24) is 5.32 Å². The summed E-state index contributed by atoms with van der Waals surface area (Å²) in [6.45, 7) is 1.97. The third kappa shape index (κ3) is 3.92. The summed E-state index contributed by atoms with van der Waals surface area (Å²) in [6.07, 6.45) is 6.22. The Morgan fingerprint density at radius 3 is 2.61 bits per heavy atom. The Kier molecular flexibility index (Phi) is 5.19. The molecule has 1 amide bonds. The van der Waals surface area contributed by atoms with E-state index in [0.29, 0.717) is 5.56 Å². The zero-order chi connectivity index (χ0) is 21.4. The molecule has 0 aromatic heterocycles. The zero-order valence-corrected chi connectivity index (χ0v) is 18.1. The molecular weight excluding hydrogens is 384 g/mol. The highest BCUT2D eigenvalue weighted by Gasteiger charge is 2.46. The Labute approximate surface area is 183 Å². The quantitative estimate of drug-likeness (QED) is 0.602. The maximum atomic E-state index is 13.3. The topological polar surface area (TPSA) is 64.3 Å². The fraction of sp³-hybridized carbons (Fsp3) is 0.370. The highest BCUT2D eigenvalue weighted by atomic mass is 16.5. The van der Waals surface area contributed by atoms with Crippen LogP contribution in [0, 0.1) is 6.92 Å². The van der Waals surface area contributed by atoms with Crippen LogP contribution in [0.15, 0.2) is 60.7 Å². The van der Waals surface area contributed by atoms with Gasteiger partial charge in [-0.3, -0.25) is 4.79 Å². The van der Waals surface area contributed by atoms with Crippen molar-refractivity contribution in [3.8, 4) is 5.75 Å². The van der Waals surface area contributed by atoms with Gasteiger partial charge in [0, 0.05) is 11.6 Å². The minimum absolute atomic E-state index is 0.0258. The number of carbonyl (C=O) groups is 1. The number of hydrogen-bond donors (Lipinski definition) is 2. The summed E-state index contributed by atoms with van der Waals surface area (Å²) in [5.74, 6) is 0.689. The van der Waals surface area contributed by atoms with E-state index < -0.39 is 0 Å². The molecule has 0 bridgehead atoms. The van der Waals surface area contributed by atoms with Gasteiger partial charge in [0.2, 0.25) is 0 Å². The molecular formula is C27H30N2O2. The first-order valence-corrected chi connectivity index (χ1v) is 11.4. The normalized spacial score (nSPS) is 22.1. The van der Waals surface area contributed by atoms with Gasteiger partial charge in [-0.25, -0.2) is 0 Å². The SMILES string of the molecule is Cc1ccc(OC2CCCC[C@H]2N)cc1C(=O)NC1(c2cccc3ccccc23)CC1. The van der Waals surface area contributed by atoms with Crippen LogP contribution in [0.4, 0.5) is 0 Å². The lowest BCUT2D eigenvalue weighted by molar-refractivity contribution is 0.0928. The van der Waals surface area contributed by atoms with Crippen LogP contribution in [0.3, 0.4) is 0 Å². The van der Waals surface area contributed by atoms with Crippen molar-refractivity contribution in [1.29, 1.82) is 0 Å². The molecule has 2 saturated carbocycles. The molecule has 4 nitrogen and oxygen atoms in total. The number of benzene rings is 3. The van der Waals surface area contributed by atoms with Crippen LogP contribution in [-0.2, 0) is 5.54 Å². The maximum absolute atomic E-state index is 13.3. The molecule has 160 valence electrons. The highest BCUT2D eigenvalue weighted by Crippen LogP contribution is 2.48. The van der Waals surface area contributed by atoms with Crippen LogP contribution in [0.25, 0.3) is 10.8 Å². The lowest BCUT2D eigenvalue weighted by atomic mass is 9.93. The Hall–Kier alpha value is -2.85. The third-order valence-electron chi connectivity index (χ3n) is 6.90. The standard InChI is InChI=1S/C27H30N2O2/c1-18-13-14-20(31-25-12-5-4-11-24(25)28)17-22(18)26(30)29-27(15-16-27)23-10-6-8-19-7-2-3-9-21(19)23/h2-3,6-10,13-14,17,24-25H,4-5,11-12,15-16,28H2,1H3,(H,29,30)/t24-,25?/m1/s1. The van der Waals surface area contributed by atoms with E-state index in [1.807, 2.05) is 25.1 Å². The molecule has 1 unspecified atom stereocenters. The summed E-state index contributed by atoms with van der Waals surface area (Å²) in [5.41, 5.74) is 8.80. The molecule has 2 atom stereocenters. The first kappa shape index (κ1) is 20.1. The van der Waals surface area contributed by atoms with Crippen molar-refractivity contribution in [3.63, 3.8) is 0 Å². The summed E-state index contributed by atoms with van der Waals surface area (Å²) in [5, 5.41) is 5.77. The Morgan fingerprint density at radius 2 is 1.81 bits per heavy atom. The summed E-state index contributed by atoms with van der Waals surface area (Å²) < 4.78 is 6.20. The second kappa shape index (κ2) is 8.01. The number of hydrogen-bond acceptors (Lipinski definition) is 3. The van der Waals surface area contributed by atoms with Crippen molar-refractivity contribution < 1.29 is 9.53 Å². The van der Waals surface area contributed by atoms with Crippen LogP contribution < -0.4 is 15.8 Å². The molecule has 2 aliphatic carbocycles. The van der Waals surface area contributed by atoms with Gasteiger partial charge in [0.25, 0.3) is 5.91 Å². The van der Waals surface area contributed by atoms with E-state index in [2.05, 4.69) is 47.8 Å². The van der Waals surface area contributed by atoms with Gasteiger partial charge in [0.05, 0.1) is 5.54 Å². The van der Waals surface area contributed by atoms with E-state index in [1.54, 1.807) is 0 Å². The van der Waals surface area contributed by atoms with Crippen LogP contribution in [0.2, 0.25) is 0 Å². The Morgan fingerprint density at radius 1 is 1.03 bits per heavy atom. The van der Waals surface area contributed by atoms with Crippen LogP contribution in [0.1, 0.15) is 60.0 Å². The van der Waals surface area contributed by atoms with Crippen LogP contribution >= 0.6 is 0 Å². The number of nitrogens with two attached hydrogens (primary N) is 1. The Bertz CT molecular complexity index is 1110. The van der Waals surface area contributed by atoms with Crippen molar-refractivity contribution in [2.45, 2.75) is 63.1 Å². The molecule has 2 aliphatic rings. The van der Waals surface area contributed by atoms with E-state index in [1.165, 1.54) is 22.8 Å². The van der Waals surface area contributed by atoms with E-state index in [0.717, 1.165) is 43.4 Å². The van der Waals surface area contributed by atoms with E-state index in [9.17, 15) is 4.79 Å². The predicted molar refractivity (Wildman–Crippen MR) is 124 cm³/mol. The average Bonchev–Trinajstić information content (AvgIpc) is 3.56.